The van der Waals surface area contributed by atoms with Crippen LogP contribution in [0, 0.1) is 10.8 Å². The Morgan fingerprint density at radius 2 is 1.82 bits per heavy atom. The number of carbonyl (C=O) groups is 1. The maximum atomic E-state index is 12.1. The van der Waals surface area contributed by atoms with Crippen molar-refractivity contribution in [3.8, 4) is 0 Å². The van der Waals surface area contributed by atoms with Gasteiger partial charge in [0.15, 0.2) is 0 Å². The first-order chi connectivity index (χ1) is 10.4. The number of hydrogen-bond acceptors (Lipinski definition) is 1. The summed E-state index contributed by atoms with van der Waals surface area (Å²) in [5.41, 5.74) is 2.75. The molecule has 1 spiro atoms. The average molecular weight is 317 g/mol. The van der Waals surface area contributed by atoms with E-state index in [1.54, 1.807) is 0 Å². The Labute approximate surface area is 138 Å². The van der Waals surface area contributed by atoms with Crippen LogP contribution in [-0.2, 0) is 4.79 Å². The molecular weight excluding hydrogens is 292 g/mol. The molecule has 1 aromatic rings. The minimum absolute atomic E-state index is 0.0804. The summed E-state index contributed by atoms with van der Waals surface area (Å²) in [6.07, 6.45) is 6.96. The predicted octanol–water partition coefficient (Wildman–Crippen LogP) is 5.98. The van der Waals surface area contributed by atoms with Gasteiger partial charge in [0.05, 0.1) is 0 Å². The Morgan fingerprint density at radius 1 is 1.09 bits per heavy atom. The van der Waals surface area contributed by atoms with Gasteiger partial charge in [0.1, 0.15) is 5.78 Å². The summed E-state index contributed by atoms with van der Waals surface area (Å²) in [5, 5.41) is 0.934. The summed E-state index contributed by atoms with van der Waals surface area (Å²) < 4.78 is 0. The van der Waals surface area contributed by atoms with E-state index in [1.165, 1.54) is 18.4 Å². The van der Waals surface area contributed by atoms with Gasteiger partial charge < -0.3 is 0 Å². The van der Waals surface area contributed by atoms with E-state index in [1.807, 2.05) is 18.2 Å². The maximum Gasteiger partial charge on any atom is 0.133 e. The van der Waals surface area contributed by atoms with Gasteiger partial charge in [-0.2, -0.15) is 0 Å². The molecule has 1 unspecified atom stereocenters. The van der Waals surface area contributed by atoms with Crippen LogP contribution < -0.4 is 0 Å². The molecule has 3 rings (SSSR count). The normalized spacial score (nSPS) is 30.4. The lowest BCUT2D eigenvalue weighted by Gasteiger charge is -2.36. The predicted molar refractivity (Wildman–Crippen MR) is 92.8 cm³/mol. The Morgan fingerprint density at radius 3 is 2.55 bits per heavy atom. The molecule has 0 amide bonds. The second kappa shape index (κ2) is 5.85. The number of Topliss-reactive ketones (excluding diaryl/α,β-unsaturated/α-hetero) is 1. The fraction of sp³-hybridized carbons (Fsp3) is 0.550. The number of carbonyl (C=O) groups excluding carboxylic acids is 1. The molecule has 2 heteroatoms. The van der Waals surface area contributed by atoms with Crippen molar-refractivity contribution in [2.45, 2.75) is 58.8 Å². The van der Waals surface area contributed by atoms with Gasteiger partial charge in [-0.1, -0.05) is 55.8 Å². The van der Waals surface area contributed by atoms with Crippen molar-refractivity contribution in [2.75, 3.05) is 0 Å². The monoisotopic (exact) mass is 316 g/mol. The molecule has 2 aliphatic carbocycles. The third-order valence-corrected chi connectivity index (χ3v) is 5.84. The van der Waals surface area contributed by atoms with Crippen LogP contribution in [0.4, 0.5) is 0 Å². The quantitative estimate of drug-likeness (QED) is 0.623. The lowest BCUT2D eigenvalue weighted by atomic mass is 9.68. The number of ketones is 1. The molecule has 1 nitrogen and oxygen atoms in total. The summed E-state index contributed by atoms with van der Waals surface area (Å²) in [5.74, 6) is 0.420. The molecule has 0 aliphatic heterocycles. The molecule has 0 radical (unpaired) electrons. The van der Waals surface area contributed by atoms with Crippen LogP contribution in [0.2, 0.25) is 0 Å². The third kappa shape index (κ3) is 3.01. The molecule has 2 saturated carbocycles. The van der Waals surface area contributed by atoms with Gasteiger partial charge in [-0.25, -0.2) is 0 Å². The van der Waals surface area contributed by atoms with Crippen molar-refractivity contribution in [3.63, 3.8) is 0 Å². The van der Waals surface area contributed by atoms with Crippen molar-refractivity contribution < 1.29 is 4.79 Å². The molecule has 22 heavy (non-hydrogen) atoms. The summed E-state index contributed by atoms with van der Waals surface area (Å²) in [6, 6.07) is 10.3. The molecule has 2 fully saturated rings. The van der Waals surface area contributed by atoms with Crippen LogP contribution in [0.3, 0.4) is 0 Å². The van der Waals surface area contributed by atoms with Gasteiger partial charge in [-0.3, -0.25) is 4.79 Å². The van der Waals surface area contributed by atoms with Gasteiger partial charge in [0.2, 0.25) is 0 Å². The first-order valence-corrected chi connectivity index (χ1v) is 8.76. The highest BCUT2D eigenvalue weighted by Crippen LogP contribution is 2.57. The van der Waals surface area contributed by atoms with E-state index < -0.39 is 0 Å². The van der Waals surface area contributed by atoms with E-state index in [2.05, 4.69) is 26.0 Å². The topological polar surface area (TPSA) is 17.1 Å². The largest absolute Gasteiger partial charge is 0.300 e. The van der Waals surface area contributed by atoms with Crippen LogP contribution in [-0.4, -0.2) is 5.78 Å². The Bertz CT molecular complexity index is 599. The van der Waals surface area contributed by atoms with Crippen molar-refractivity contribution in [1.82, 2.24) is 0 Å². The number of halogens is 1. The Balaban J connectivity index is 2.03. The summed E-state index contributed by atoms with van der Waals surface area (Å²) in [6.45, 7) is 4.48. The van der Waals surface area contributed by atoms with Gasteiger partial charge in [0, 0.05) is 17.9 Å². The smallest absolute Gasteiger partial charge is 0.133 e. The van der Waals surface area contributed by atoms with Crippen LogP contribution in [0.1, 0.15) is 64.4 Å². The van der Waals surface area contributed by atoms with Gasteiger partial charge in [0.25, 0.3) is 0 Å². The zero-order valence-corrected chi connectivity index (χ0v) is 14.4. The molecule has 0 saturated heterocycles. The fourth-order valence-corrected chi connectivity index (χ4v) is 5.08. The van der Waals surface area contributed by atoms with Gasteiger partial charge >= 0.3 is 0 Å². The average Bonchev–Trinajstić information content (AvgIpc) is 2.82. The van der Waals surface area contributed by atoms with Gasteiger partial charge in [-0.15, -0.1) is 0 Å². The molecule has 118 valence electrons. The summed E-state index contributed by atoms with van der Waals surface area (Å²) in [7, 11) is 0. The molecular formula is C20H25ClO. The highest BCUT2D eigenvalue weighted by molar-refractivity contribution is 6.49. The highest BCUT2D eigenvalue weighted by atomic mass is 35.5. The van der Waals surface area contributed by atoms with E-state index in [0.29, 0.717) is 18.6 Å². The second-order valence-corrected chi connectivity index (χ2v) is 8.23. The standard InChI is InChI=1S/C20H25ClO/c1-19(2)13-16(22)10-12-20(14-19)11-6-9-17(20)18(21)15-7-4-3-5-8-15/h3-5,7-8H,6,9-14H2,1-2H3/b18-17+. The molecule has 1 atom stereocenters. The molecule has 0 N–H and O–H groups in total. The maximum absolute atomic E-state index is 12.1. The minimum Gasteiger partial charge on any atom is -0.300 e. The second-order valence-electron chi connectivity index (χ2n) is 7.85. The molecule has 0 aromatic heterocycles. The van der Waals surface area contributed by atoms with E-state index >= 15 is 0 Å². The van der Waals surface area contributed by atoms with Gasteiger partial charge in [-0.05, 0) is 54.1 Å². The van der Waals surface area contributed by atoms with E-state index in [4.69, 9.17) is 11.6 Å². The highest BCUT2D eigenvalue weighted by Gasteiger charge is 2.46. The molecule has 0 heterocycles. The van der Waals surface area contributed by atoms with Crippen LogP contribution in [0.25, 0.3) is 5.03 Å². The zero-order valence-electron chi connectivity index (χ0n) is 13.6. The molecule has 0 bridgehead atoms. The van der Waals surface area contributed by atoms with Crippen molar-refractivity contribution in [3.05, 3.63) is 41.5 Å². The van der Waals surface area contributed by atoms with Crippen LogP contribution in [0.15, 0.2) is 35.9 Å². The number of benzene rings is 1. The number of allylic oxidation sites excluding steroid dienone is 1. The van der Waals surface area contributed by atoms with Crippen LogP contribution in [0.5, 0.6) is 0 Å². The van der Waals surface area contributed by atoms with Crippen LogP contribution >= 0.6 is 11.6 Å². The Kier molecular flexibility index (Phi) is 4.20. The van der Waals surface area contributed by atoms with Crippen molar-refractivity contribution in [2.24, 2.45) is 10.8 Å². The third-order valence-electron chi connectivity index (χ3n) is 5.39. The minimum atomic E-state index is 0.0804. The summed E-state index contributed by atoms with van der Waals surface area (Å²) in [4.78, 5) is 12.1. The van der Waals surface area contributed by atoms with Crippen molar-refractivity contribution in [1.29, 1.82) is 0 Å². The summed E-state index contributed by atoms with van der Waals surface area (Å²) >= 11 is 6.81. The van der Waals surface area contributed by atoms with E-state index in [0.717, 1.165) is 29.9 Å². The first kappa shape index (κ1) is 15.8. The SMILES string of the molecule is CC1(C)CC(=O)CCC2(CCC/C2=C(\Cl)c2ccccc2)C1. The first-order valence-electron chi connectivity index (χ1n) is 8.38. The Hall–Kier alpha value is -1.08. The molecule has 2 aliphatic rings. The number of rotatable bonds is 1. The number of hydrogen-bond donors (Lipinski definition) is 0. The lowest BCUT2D eigenvalue weighted by Crippen LogP contribution is -2.26. The van der Waals surface area contributed by atoms with Crippen molar-refractivity contribution >= 4 is 22.4 Å². The zero-order chi connectivity index (χ0) is 15.8. The molecule has 1 aromatic carbocycles. The lowest BCUT2D eigenvalue weighted by molar-refractivity contribution is -0.120. The van der Waals surface area contributed by atoms with E-state index in [-0.39, 0.29) is 10.8 Å². The fourth-order valence-electron chi connectivity index (χ4n) is 4.66. The van der Waals surface area contributed by atoms with E-state index in [9.17, 15) is 4.79 Å².